The molecule has 1 aromatic carbocycles. The van der Waals surface area contributed by atoms with E-state index in [1.807, 2.05) is 20.0 Å². The summed E-state index contributed by atoms with van der Waals surface area (Å²) in [6, 6.07) is 8.69. The molecule has 1 aromatic rings. The van der Waals surface area contributed by atoms with Crippen molar-refractivity contribution in [1.29, 1.82) is 0 Å². The lowest BCUT2D eigenvalue weighted by Gasteiger charge is -2.23. The lowest BCUT2D eigenvalue weighted by atomic mass is 10.0. The molecule has 0 spiro atoms. The van der Waals surface area contributed by atoms with Gasteiger partial charge in [-0.05, 0) is 52.0 Å². The maximum Gasteiger partial charge on any atom is 0.0524 e. The standard InChI is InChI=1S/C15H25BrN2O/c1-12(19)8-10-18(3)11-9-15(17-2)13-6-4-5-7-14(13)16/h4-7,12,15,17,19H,8-11H2,1-3H3. The monoisotopic (exact) mass is 328 g/mol. The molecule has 0 aromatic heterocycles. The highest BCUT2D eigenvalue weighted by Gasteiger charge is 2.13. The molecule has 0 fully saturated rings. The third-order valence-corrected chi connectivity index (χ3v) is 4.08. The normalized spacial score (nSPS) is 14.6. The largest absolute Gasteiger partial charge is 0.393 e. The van der Waals surface area contributed by atoms with E-state index in [9.17, 15) is 5.11 Å². The number of aliphatic hydroxyl groups excluding tert-OH is 1. The topological polar surface area (TPSA) is 35.5 Å². The highest BCUT2D eigenvalue weighted by Crippen LogP contribution is 2.25. The predicted octanol–water partition coefficient (Wildman–Crippen LogP) is 2.80. The van der Waals surface area contributed by atoms with Gasteiger partial charge in [0.1, 0.15) is 0 Å². The molecule has 0 heterocycles. The third kappa shape index (κ3) is 6.04. The van der Waals surface area contributed by atoms with Crippen molar-refractivity contribution < 1.29 is 5.11 Å². The first-order valence-corrected chi connectivity index (χ1v) is 7.62. The molecule has 0 bridgehead atoms. The Morgan fingerprint density at radius 2 is 1.89 bits per heavy atom. The minimum Gasteiger partial charge on any atom is -0.393 e. The summed E-state index contributed by atoms with van der Waals surface area (Å²) in [4.78, 5) is 2.27. The van der Waals surface area contributed by atoms with Crippen LogP contribution in [0.1, 0.15) is 31.4 Å². The first-order valence-electron chi connectivity index (χ1n) is 6.83. The van der Waals surface area contributed by atoms with Crippen molar-refractivity contribution in [2.45, 2.75) is 31.9 Å². The Bertz CT molecular complexity index is 371. The summed E-state index contributed by atoms with van der Waals surface area (Å²) in [7, 11) is 4.11. The highest BCUT2D eigenvalue weighted by atomic mass is 79.9. The van der Waals surface area contributed by atoms with Crippen molar-refractivity contribution in [3.8, 4) is 0 Å². The van der Waals surface area contributed by atoms with Crippen molar-refractivity contribution in [1.82, 2.24) is 10.2 Å². The molecule has 0 amide bonds. The van der Waals surface area contributed by atoms with Crippen molar-refractivity contribution >= 4 is 15.9 Å². The zero-order chi connectivity index (χ0) is 14.3. The summed E-state index contributed by atoms with van der Waals surface area (Å²) in [6.07, 6.45) is 1.66. The molecule has 2 atom stereocenters. The minimum atomic E-state index is -0.217. The SMILES string of the molecule is CNC(CCN(C)CCC(C)O)c1ccccc1Br. The Balaban J connectivity index is 2.47. The average Bonchev–Trinajstić information content (AvgIpc) is 2.39. The number of hydrogen-bond donors (Lipinski definition) is 2. The molecule has 108 valence electrons. The quantitative estimate of drug-likeness (QED) is 0.770. The van der Waals surface area contributed by atoms with Gasteiger partial charge in [-0.25, -0.2) is 0 Å². The lowest BCUT2D eigenvalue weighted by Crippen LogP contribution is -2.27. The second-order valence-electron chi connectivity index (χ2n) is 5.09. The number of aliphatic hydroxyl groups is 1. The maximum absolute atomic E-state index is 9.29. The van der Waals surface area contributed by atoms with Gasteiger partial charge in [-0.3, -0.25) is 0 Å². The van der Waals surface area contributed by atoms with E-state index >= 15 is 0 Å². The fraction of sp³-hybridized carbons (Fsp3) is 0.600. The number of nitrogens with zero attached hydrogens (tertiary/aromatic N) is 1. The first-order chi connectivity index (χ1) is 9.04. The molecule has 4 heteroatoms. The van der Waals surface area contributed by atoms with Crippen molar-refractivity contribution in [3.05, 3.63) is 34.3 Å². The Labute approximate surface area is 125 Å². The van der Waals surface area contributed by atoms with Gasteiger partial charge in [0.25, 0.3) is 0 Å². The number of rotatable bonds is 8. The van der Waals surface area contributed by atoms with Gasteiger partial charge in [0.15, 0.2) is 0 Å². The molecule has 0 radical (unpaired) electrons. The Hall–Kier alpha value is -0.420. The predicted molar refractivity (Wildman–Crippen MR) is 84.4 cm³/mol. The highest BCUT2D eigenvalue weighted by molar-refractivity contribution is 9.10. The Morgan fingerprint density at radius 3 is 2.47 bits per heavy atom. The minimum absolute atomic E-state index is 0.217. The molecule has 2 unspecified atom stereocenters. The van der Waals surface area contributed by atoms with Crippen LogP contribution in [0.5, 0.6) is 0 Å². The Kier molecular flexibility index (Phi) is 7.61. The van der Waals surface area contributed by atoms with E-state index in [1.165, 1.54) is 5.56 Å². The van der Waals surface area contributed by atoms with E-state index in [0.717, 1.165) is 30.4 Å². The van der Waals surface area contributed by atoms with Crippen LogP contribution in [-0.4, -0.2) is 43.3 Å². The molecule has 3 nitrogen and oxygen atoms in total. The van der Waals surface area contributed by atoms with E-state index in [2.05, 4.69) is 51.4 Å². The number of hydrogen-bond acceptors (Lipinski definition) is 3. The molecular formula is C15H25BrN2O. The van der Waals surface area contributed by atoms with E-state index in [1.54, 1.807) is 0 Å². The zero-order valence-electron chi connectivity index (χ0n) is 12.1. The second kappa shape index (κ2) is 8.69. The van der Waals surface area contributed by atoms with Crippen LogP contribution < -0.4 is 5.32 Å². The van der Waals surface area contributed by atoms with Gasteiger partial charge < -0.3 is 15.3 Å². The fourth-order valence-electron chi connectivity index (χ4n) is 2.08. The molecule has 0 saturated carbocycles. The number of benzene rings is 1. The van der Waals surface area contributed by atoms with Gasteiger partial charge in [-0.15, -0.1) is 0 Å². The zero-order valence-corrected chi connectivity index (χ0v) is 13.7. The summed E-state index contributed by atoms with van der Waals surface area (Å²) in [5.74, 6) is 0. The Morgan fingerprint density at radius 1 is 1.26 bits per heavy atom. The average molecular weight is 329 g/mol. The van der Waals surface area contributed by atoms with Crippen LogP contribution in [0.25, 0.3) is 0 Å². The third-order valence-electron chi connectivity index (χ3n) is 3.36. The second-order valence-corrected chi connectivity index (χ2v) is 5.95. The molecule has 0 saturated heterocycles. The van der Waals surface area contributed by atoms with Crippen LogP contribution >= 0.6 is 15.9 Å². The molecule has 0 aliphatic carbocycles. The van der Waals surface area contributed by atoms with Crippen LogP contribution in [0.3, 0.4) is 0 Å². The van der Waals surface area contributed by atoms with E-state index in [0.29, 0.717) is 6.04 Å². The van der Waals surface area contributed by atoms with Crippen LogP contribution in [0, 0.1) is 0 Å². The van der Waals surface area contributed by atoms with Gasteiger partial charge in [-0.1, -0.05) is 34.1 Å². The molecule has 0 aliphatic heterocycles. The fourth-order valence-corrected chi connectivity index (χ4v) is 2.64. The van der Waals surface area contributed by atoms with E-state index < -0.39 is 0 Å². The lowest BCUT2D eigenvalue weighted by molar-refractivity contribution is 0.163. The van der Waals surface area contributed by atoms with Crippen LogP contribution in [-0.2, 0) is 0 Å². The molecule has 0 aliphatic rings. The molecule has 19 heavy (non-hydrogen) atoms. The van der Waals surface area contributed by atoms with Crippen LogP contribution in [0.2, 0.25) is 0 Å². The van der Waals surface area contributed by atoms with Crippen molar-refractivity contribution in [2.75, 3.05) is 27.2 Å². The van der Waals surface area contributed by atoms with Gasteiger partial charge >= 0.3 is 0 Å². The van der Waals surface area contributed by atoms with Gasteiger partial charge in [0.2, 0.25) is 0 Å². The molecular weight excluding hydrogens is 304 g/mol. The van der Waals surface area contributed by atoms with E-state index in [4.69, 9.17) is 0 Å². The summed E-state index contributed by atoms with van der Waals surface area (Å²) >= 11 is 3.61. The van der Waals surface area contributed by atoms with Crippen LogP contribution in [0.4, 0.5) is 0 Å². The van der Waals surface area contributed by atoms with Gasteiger partial charge in [0, 0.05) is 17.1 Å². The van der Waals surface area contributed by atoms with Crippen LogP contribution in [0.15, 0.2) is 28.7 Å². The van der Waals surface area contributed by atoms with E-state index in [-0.39, 0.29) is 6.10 Å². The van der Waals surface area contributed by atoms with Crippen molar-refractivity contribution in [3.63, 3.8) is 0 Å². The number of halogens is 1. The summed E-state index contributed by atoms with van der Waals surface area (Å²) in [6.45, 7) is 3.79. The van der Waals surface area contributed by atoms with Gasteiger partial charge in [-0.2, -0.15) is 0 Å². The molecule has 1 rings (SSSR count). The maximum atomic E-state index is 9.29. The molecule has 2 N–H and O–H groups in total. The smallest absolute Gasteiger partial charge is 0.0524 e. The summed E-state index contributed by atoms with van der Waals surface area (Å²) in [5.41, 5.74) is 1.30. The first kappa shape index (κ1) is 16.6. The number of nitrogens with one attached hydrogen (secondary N) is 1. The van der Waals surface area contributed by atoms with Gasteiger partial charge in [0.05, 0.1) is 6.10 Å². The van der Waals surface area contributed by atoms with Crippen molar-refractivity contribution in [2.24, 2.45) is 0 Å². The summed E-state index contributed by atoms with van der Waals surface area (Å²) in [5, 5.41) is 12.7. The summed E-state index contributed by atoms with van der Waals surface area (Å²) < 4.78 is 1.15.